The van der Waals surface area contributed by atoms with Crippen LogP contribution in [0.3, 0.4) is 0 Å². The van der Waals surface area contributed by atoms with E-state index in [2.05, 4.69) is 10.5 Å². The largest absolute Gasteiger partial charge is 0.489 e. The van der Waals surface area contributed by atoms with Crippen molar-refractivity contribution in [1.29, 1.82) is 0 Å². The Kier molecular flexibility index (Phi) is 5.41. The fraction of sp³-hybridized carbons (Fsp3) is 0.300. The number of rotatable bonds is 7. The van der Waals surface area contributed by atoms with Gasteiger partial charge in [-0.2, -0.15) is 0 Å². The van der Waals surface area contributed by atoms with Crippen LogP contribution in [-0.4, -0.2) is 17.1 Å². The van der Waals surface area contributed by atoms with Gasteiger partial charge in [0.05, 0.1) is 17.5 Å². The lowest BCUT2D eigenvalue weighted by Crippen LogP contribution is -2.33. The quantitative estimate of drug-likeness (QED) is 0.698. The second kappa shape index (κ2) is 7.91. The maximum absolute atomic E-state index is 12.5. The number of ether oxygens (including phenoxy) is 1. The lowest BCUT2D eigenvalue weighted by molar-refractivity contribution is 0.0938. The molecule has 2 heterocycles. The number of hydrogen-bond donors (Lipinski definition) is 1. The molecule has 1 unspecified atom stereocenters. The lowest BCUT2D eigenvalue weighted by atomic mass is 10.1. The molecule has 26 heavy (non-hydrogen) atoms. The third-order valence-corrected chi connectivity index (χ3v) is 4.13. The van der Waals surface area contributed by atoms with Crippen molar-refractivity contribution in [2.45, 2.75) is 39.8 Å². The summed E-state index contributed by atoms with van der Waals surface area (Å²) in [6, 6.07) is 10.8. The third kappa shape index (κ3) is 4.33. The Hall–Kier alpha value is -3.02. The molecule has 0 bridgehead atoms. The smallest absolute Gasteiger partial charge is 0.251 e. The predicted molar refractivity (Wildman–Crippen MR) is 96.1 cm³/mol. The molecule has 0 aliphatic heterocycles. The number of hydrogen-bond acceptors (Lipinski definition) is 5. The highest BCUT2D eigenvalue weighted by Gasteiger charge is 2.13. The van der Waals surface area contributed by atoms with Crippen LogP contribution in [0.2, 0.25) is 0 Å². The highest BCUT2D eigenvalue weighted by molar-refractivity contribution is 5.94. The predicted octanol–water partition coefficient (Wildman–Crippen LogP) is 3.82. The Balaban J connectivity index is 1.60. The number of furan rings is 1. The molecule has 6 nitrogen and oxygen atoms in total. The molecule has 0 aliphatic rings. The number of amides is 1. The molecule has 0 fully saturated rings. The summed E-state index contributed by atoms with van der Waals surface area (Å²) < 4.78 is 16.2. The van der Waals surface area contributed by atoms with Gasteiger partial charge in [0.15, 0.2) is 0 Å². The molecule has 1 atom stereocenters. The van der Waals surface area contributed by atoms with E-state index in [1.807, 2.05) is 39.0 Å². The maximum atomic E-state index is 12.5. The van der Waals surface area contributed by atoms with Crippen molar-refractivity contribution in [2.24, 2.45) is 0 Å². The van der Waals surface area contributed by atoms with Crippen molar-refractivity contribution in [3.05, 3.63) is 71.0 Å². The zero-order valence-corrected chi connectivity index (χ0v) is 15.1. The number of carbonyl (C=O) groups is 1. The molecular formula is C20H22N2O4. The van der Waals surface area contributed by atoms with Gasteiger partial charge in [-0.3, -0.25) is 4.79 Å². The van der Waals surface area contributed by atoms with E-state index in [0.717, 1.165) is 22.8 Å². The molecule has 2 aromatic heterocycles. The fourth-order valence-corrected chi connectivity index (χ4v) is 2.68. The molecule has 0 aliphatic carbocycles. The first kappa shape index (κ1) is 17.8. The van der Waals surface area contributed by atoms with E-state index in [0.29, 0.717) is 24.3 Å². The van der Waals surface area contributed by atoms with E-state index < -0.39 is 0 Å². The molecule has 0 saturated carbocycles. The van der Waals surface area contributed by atoms with Crippen molar-refractivity contribution < 1.29 is 18.5 Å². The Morgan fingerprint density at radius 3 is 2.81 bits per heavy atom. The number of aromatic nitrogens is 1. The van der Waals surface area contributed by atoms with Crippen LogP contribution in [0, 0.1) is 13.8 Å². The van der Waals surface area contributed by atoms with Gasteiger partial charge in [0.2, 0.25) is 0 Å². The highest BCUT2D eigenvalue weighted by Crippen LogP contribution is 2.18. The number of carbonyl (C=O) groups excluding carboxylic acids is 1. The van der Waals surface area contributed by atoms with Gasteiger partial charge >= 0.3 is 0 Å². The van der Waals surface area contributed by atoms with Crippen molar-refractivity contribution in [3.8, 4) is 5.75 Å². The average Bonchev–Trinajstić information content (AvgIpc) is 3.23. The molecule has 136 valence electrons. The lowest BCUT2D eigenvalue weighted by Gasteiger charge is -2.13. The van der Waals surface area contributed by atoms with Crippen LogP contribution in [0.5, 0.6) is 5.75 Å². The summed E-state index contributed by atoms with van der Waals surface area (Å²) in [5, 5.41) is 6.88. The summed E-state index contributed by atoms with van der Waals surface area (Å²) in [6.45, 7) is 6.02. The second-order valence-electron chi connectivity index (χ2n) is 6.28. The van der Waals surface area contributed by atoms with Gasteiger partial charge in [0, 0.05) is 18.0 Å². The van der Waals surface area contributed by atoms with Gasteiger partial charge < -0.3 is 19.0 Å². The van der Waals surface area contributed by atoms with Crippen LogP contribution in [0.1, 0.15) is 40.1 Å². The van der Waals surface area contributed by atoms with E-state index >= 15 is 0 Å². The summed E-state index contributed by atoms with van der Waals surface area (Å²) in [5.74, 6) is 2.06. The van der Waals surface area contributed by atoms with E-state index in [9.17, 15) is 4.79 Å². The molecule has 3 aromatic rings. The molecule has 1 aromatic carbocycles. The Labute approximate surface area is 152 Å². The summed E-state index contributed by atoms with van der Waals surface area (Å²) in [6.07, 6.45) is 2.27. The summed E-state index contributed by atoms with van der Waals surface area (Å²) >= 11 is 0. The summed E-state index contributed by atoms with van der Waals surface area (Å²) in [5.41, 5.74) is 2.28. The SMILES string of the molecule is Cc1noc(C)c1COc1cccc(C(=O)NC(C)Cc2ccco2)c1. The number of nitrogens with one attached hydrogen (secondary N) is 1. The van der Waals surface area contributed by atoms with Gasteiger partial charge in [-0.15, -0.1) is 0 Å². The van der Waals surface area contributed by atoms with E-state index in [4.69, 9.17) is 13.7 Å². The molecule has 0 saturated heterocycles. The van der Waals surface area contributed by atoms with Crippen LogP contribution < -0.4 is 10.1 Å². The average molecular weight is 354 g/mol. The first-order valence-corrected chi connectivity index (χ1v) is 8.51. The fourth-order valence-electron chi connectivity index (χ4n) is 2.68. The zero-order valence-electron chi connectivity index (χ0n) is 15.1. The van der Waals surface area contributed by atoms with Crippen LogP contribution in [0.4, 0.5) is 0 Å². The van der Waals surface area contributed by atoms with Crippen LogP contribution in [0.15, 0.2) is 51.6 Å². The molecule has 0 spiro atoms. The first-order chi connectivity index (χ1) is 12.5. The molecule has 1 N–H and O–H groups in total. The molecule has 3 rings (SSSR count). The topological polar surface area (TPSA) is 77.5 Å². The minimum absolute atomic E-state index is 0.0412. The van der Waals surface area contributed by atoms with Crippen LogP contribution in [0.25, 0.3) is 0 Å². The molecule has 1 amide bonds. The van der Waals surface area contributed by atoms with Crippen LogP contribution in [-0.2, 0) is 13.0 Å². The summed E-state index contributed by atoms with van der Waals surface area (Å²) in [7, 11) is 0. The van der Waals surface area contributed by atoms with Gasteiger partial charge in [-0.1, -0.05) is 11.2 Å². The summed E-state index contributed by atoms with van der Waals surface area (Å²) in [4.78, 5) is 12.5. The number of benzene rings is 1. The van der Waals surface area contributed by atoms with E-state index in [1.54, 1.807) is 24.5 Å². The van der Waals surface area contributed by atoms with Crippen molar-refractivity contribution in [2.75, 3.05) is 0 Å². The van der Waals surface area contributed by atoms with Crippen molar-refractivity contribution in [1.82, 2.24) is 10.5 Å². The van der Waals surface area contributed by atoms with Gasteiger partial charge in [0.1, 0.15) is 23.9 Å². The standard InChI is InChI=1S/C20H22N2O4/c1-13(10-17-8-5-9-24-17)21-20(23)16-6-4-7-18(11-16)25-12-19-14(2)22-26-15(19)3/h4-9,11,13H,10,12H2,1-3H3,(H,21,23). The highest BCUT2D eigenvalue weighted by atomic mass is 16.5. The monoisotopic (exact) mass is 354 g/mol. The third-order valence-electron chi connectivity index (χ3n) is 4.13. The molecule has 6 heteroatoms. The van der Waals surface area contributed by atoms with Crippen molar-refractivity contribution in [3.63, 3.8) is 0 Å². The number of aryl methyl sites for hydroxylation is 2. The Bertz CT molecular complexity index is 848. The Morgan fingerprint density at radius 2 is 2.12 bits per heavy atom. The van der Waals surface area contributed by atoms with Crippen molar-refractivity contribution >= 4 is 5.91 Å². The van der Waals surface area contributed by atoms with E-state index in [1.165, 1.54) is 0 Å². The maximum Gasteiger partial charge on any atom is 0.251 e. The molecular weight excluding hydrogens is 332 g/mol. The first-order valence-electron chi connectivity index (χ1n) is 8.51. The number of nitrogens with zero attached hydrogens (tertiary/aromatic N) is 1. The van der Waals surface area contributed by atoms with Gasteiger partial charge in [-0.05, 0) is 51.1 Å². The van der Waals surface area contributed by atoms with Crippen LogP contribution >= 0.6 is 0 Å². The zero-order chi connectivity index (χ0) is 18.5. The van der Waals surface area contributed by atoms with Gasteiger partial charge in [0.25, 0.3) is 5.91 Å². The minimum Gasteiger partial charge on any atom is -0.489 e. The van der Waals surface area contributed by atoms with E-state index in [-0.39, 0.29) is 11.9 Å². The normalized spacial score (nSPS) is 12.0. The second-order valence-corrected chi connectivity index (χ2v) is 6.28. The Morgan fingerprint density at radius 1 is 1.27 bits per heavy atom. The molecule has 0 radical (unpaired) electrons. The minimum atomic E-state index is -0.146. The van der Waals surface area contributed by atoms with Gasteiger partial charge in [-0.25, -0.2) is 0 Å².